The van der Waals surface area contributed by atoms with Gasteiger partial charge in [0.15, 0.2) is 0 Å². The fraction of sp³-hybridized carbons (Fsp3) is 0.286. The van der Waals surface area contributed by atoms with Gasteiger partial charge >= 0.3 is 13.1 Å². The molecule has 0 aliphatic carbocycles. The van der Waals surface area contributed by atoms with Gasteiger partial charge in [-0.15, -0.1) is 0 Å². The minimum atomic E-state index is -2.02. The third-order valence-corrected chi connectivity index (χ3v) is 3.50. The molecule has 8 nitrogen and oxygen atoms in total. The summed E-state index contributed by atoms with van der Waals surface area (Å²) in [5, 5.41) is 29.9. The van der Waals surface area contributed by atoms with Crippen LogP contribution in [0.15, 0.2) is 29.5 Å². The normalized spacial score (nSPS) is 14.2. The molecule has 0 spiro atoms. The van der Waals surface area contributed by atoms with Gasteiger partial charge in [-0.3, -0.25) is 4.79 Å². The van der Waals surface area contributed by atoms with E-state index in [-0.39, 0.29) is 42.1 Å². The average Bonchev–Trinajstić information content (AvgIpc) is 2.85. The lowest BCUT2D eigenvalue weighted by Gasteiger charge is -2.15. The molecule has 0 saturated heterocycles. The maximum Gasteiger partial charge on any atom is 0.491 e. The maximum atomic E-state index is 13.5. The molecule has 1 aromatic carbocycles. The Bertz CT molecular complexity index is 694. The number of amides is 1. The number of rotatable bonds is 6. The molecule has 4 N–H and O–H groups in total. The van der Waals surface area contributed by atoms with E-state index in [1.165, 1.54) is 18.1 Å². The average molecular weight is 338 g/mol. The van der Waals surface area contributed by atoms with E-state index >= 15 is 0 Å². The fourth-order valence-corrected chi connectivity index (χ4v) is 2.31. The number of nitrogens with one attached hydrogen (secondary N) is 1. The number of ether oxygens (including phenoxy) is 1. The van der Waals surface area contributed by atoms with Crippen LogP contribution in [-0.4, -0.2) is 65.9 Å². The van der Waals surface area contributed by atoms with Crippen LogP contribution in [0, 0.1) is 5.82 Å². The van der Waals surface area contributed by atoms with Crippen molar-refractivity contribution in [3.05, 3.63) is 35.3 Å². The van der Waals surface area contributed by atoms with Crippen LogP contribution in [0.4, 0.5) is 10.1 Å². The summed E-state index contributed by atoms with van der Waals surface area (Å²) in [7, 11) is -0.851. The highest BCUT2D eigenvalue weighted by atomic mass is 19.1. The molecule has 2 rings (SSSR count). The molecule has 0 radical (unpaired) electrons. The lowest BCUT2D eigenvalue weighted by atomic mass is 9.79. The summed E-state index contributed by atoms with van der Waals surface area (Å²) in [4.78, 5) is 25.4. The van der Waals surface area contributed by atoms with Crippen molar-refractivity contribution in [3.8, 4) is 0 Å². The molecule has 1 aromatic rings. The monoisotopic (exact) mass is 338 g/mol. The smallest absolute Gasteiger partial charge is 0.466 e. The van der Waals surface area contributed by atoms with Crippen LogP contribution in [-0.2, 0) is 14.3 Å². The van der Waals surface area contributed by atoms with Gasteiger partial charge in [-0.25, -0.2) is 9.18 Å². The number of β-amino-alcohol motifs (C(OH)–C–C–N with tert-alkyl or cyclic N) is 1. The third-order valence-electron chi connectivity index (χ3n) is 3.50. The number of carbonyl (C=O) groups excluding carboxylic acids is 2. The van der Waals surface area contributed by atoms with Crippen molar-refractivity contribution in [3.63, 3.8) is 0 Å². The van der Waals surface area contributed by atoms with Gasteiger partial charge in [0.2, 0.25) is 0 Å². The molecular weight excluding hydrogens is 322 g/mol. The van der Waals surface area contributed by atoms with E-state index in [0.29, 0.717) is 0 Å². The first-order chi connectivity index (χ1) is 11.4. The quantitative estimate of drug-likeness (QED) is 0.356. The summed E-state index contributed by atoms with van der Waals surface area (Å²) < 4.78 is 18.1. The van der Waals surface area contributed by atoms with E-state index in [1.807, 2.05) is 0 Å². The van der Waals surface area contributed by atoms with Gasteiger partial charge in [0, 0.05) is 17.7 Å². The van der Waals surface area contributed by atoms with Gasteiger partial charge in [-0.05, 0) is 18.2 Å². The molecular formula is C14H16BFN2O6. The van der Waals surface area contributed by atoms with Crippen LogP contribution in [0.2, 0.25) is 0 Å². The van der Waals surface area contributed by atoms with E-state index in [2.05, 4.69) is 10.1 Å². The van der Waals surface area contributed by atoms with E-state index < -0.39 is 24.8 Å². The number of aliphatic hydroxyl groups is 1. The predicted octanol–water partition coefficient (Wildman–Crippen LogP) is -1.82. The van der Waals surface area contributed by atoms with Crippen LogP contribution in [0.25, 0.3) is 0 Å². The van der Waals surface area contributed by atoms with Crippen molar-refractivity contribution < 1.29 is 33.9 Å². The summed E-state index contributed by atoms with van der Waals surface area (Å²) >= 11 is 0. The van der Waals surface area contributed by atoms with Crippen LogP contribution < -0.4 is 10.8 Å². The summed E-state index contributed by atoms with van der Waals surface area (Å²) in [6, 6.07) is 3.40. The highest BCUT2D eigenvalue weighted by Crippen LogP contribution is 2.22. The number of hydrogen-bond acceptors (Lipinski definition) is 7. The molecule has 1 aliphatic rings. The second-order valence-electron chi connectivity index (χ2n) is 5.03. The molecule has 0 saturated carbocycles. The molecule has 128 valence electrons. The van der Waals surface area contributed by atoms with Crippen molar-refractivity contribution in [1.82, 2.24) is 4.90 Å². The Morgan fingerprint density at radius 1 is 1.46 bits per heavy atom. The zero-order chi connectivity index (χ0) is 17.9. The van der Waals surface area contributed by atoms with Gasteiger partial charge < -0.3 is 30.1 Å². The molecule has 0 atom stereocenters. The lowest BCUT2D eigenvalue weighted by molar-refractivity contribution is -0.136. The molecule has 0 aromatic heterocycles. The van der Waals surface area contributed by atoms with Crippen LogP contribution in [0.3, 0.4) is 0 Å². The number of esters is 1. The zero-order valence-corrected chi connectivity index (χ0v) is 12.8. The standard InChI is InChI=1S/C14H16BFN2O6/c1-24-14(21)9-7-18(4-5-19)13(20)12(9)17-8-2-3-11(16)10(6-8)15(22)23/h2-3,6,17,19,22-23H,4-5,7H2,1H3. The van der Waals surface area contributed by atoms with Gasteiger partial charge in [0.1, 0.15) is 11.5 Å². The first-order valence-corrected chi connectivity index (χ1v) is 7.03. The highest BCUT2D eigenvalue weighted by molar-refractivity contribution is 6.58. The molecule has 24 heavy (non-hydrogen) atoms. The first-order valence-electron chi connectivity index (χ1n) is 7.03. The Morgan fingerprint density at radius 3 is 2.75 bits per heavy atom. The Morgan fingerprint density at radius 2 is 2.17 bits per heavy atom. The number of methoxy groups -OCH3 is 1. The zero-order valence-electron chi connectivity index (χ0n) is 12.8. The van der Waals surface area contributed by atoms with Crippen molar-refractivity contribution in [2.24, 2.45) is 0 Å². The largest absolute Gasteiger partial charge is 0.491 e. The minimum absolute atomic E-state index is 0.0362. The summed E-state index contributed by atoms with van der Waals surface area (Å²) in [5.74, 6) is -2.06. The van der Waals surface area contributed by atoms with Gasteiger partial charge in [-0.2, -0.15) is 0 Å². The summed E-state index contributed by atoms with van der Waals surface area (Å²) in [6.07, 6.45) is 0. The number of aliphatic hydroxyl groups excluding tert-OH is 1. The maximum absolute atomic E-state index is 13.5. The van der Waals surface area contributed by atoms with Crippen molar-refractivity contribution in [2.75, 3.05) is 32.1 Å². The van der Waals surface area contributed by atoms with Crippen LogP contribution >= 0.6 is 0 Å². The van der Waals surface area contributed by atoms with Gasteiger partial charge in [0.05, 0.1) is 25.8 Å². The fourth-order valence-electron chi connectivity index (χ4n) is 2.31. The van der Waals surface area contributed by atoms with E-state index in [4.69, 9.17) is 15.2 Å². The van der Waals surface area contributed by atoms with E-state index in [0.717, 1.165) is 12.1 Å². The van der Waals surface area contributed by atoms with Crippen molar-refractivity contribution in [2.45, 2.75) is 0 Å². The van der Waals surface area contributed by atoms with Crippen LogP contribution in [0.1, 0.15) is 0 Å². The number of halogens is 1. The number of carbonyl (C=O) groups is 2. The highest BCUT2D eigenvalue weighted by Gasteiger charge is 2.34. The number of hydrogen-bond donors (Lipinski definition) is 4. The Hall–Kier alpha value is -2.43. The van der Waals surface area contributed by atoms with Gasteiger partial charge in [-0.1, -0.05) is 0 Å². The van der Waals surface area contributed by atoms with Crippen LogP contribution in [0.5, 0.6) is 0 Å². The topological polar surface area (TPSA) is 119 Å². The van der Waals surface area contributed by atoms with Gasteiger partial charge in [0.25, 0.3) is 5.91 Å². The molecule has 0 unspecified atom stereocenters. The molecule has 0 fully saturated rings. The summed E-state index contributed by atoms with van der Waals surface area (Å²) in [5.41, 5.74) is -0.195. The number of anilines is 1. The Balaban J connectivity index is 2.35. The van der Waals surface area contributed by atoms with E-state index in [1.54, 1.807) is 0 Å². The Kier molecular flexibility index (Phi) is 5.55. The molecule has 1 heterocycles. The molecule has 1 amide bonds. The Labute approximate surface area is 137 Å². The second kappa shape index (κ2) is 7.43. The minimum Gasteiger partial charge on any atom is -0.466 e. The van der Waals surface area contributed by atoms with E-state index in [9.17, 15) is 14.0 Å². The second-order valence-corrected chi connectivity index (χ2v) is 5.03. The summed E-state index contributed by atoms with van der Waals surface area (Å²) in [6.45, 7) is -0.273. The molecule has 10 heteroatoms. The molecule has 0 bridgehead atoms. The predicted molar refractivity (Wildman–Crippen MR) is 82.6 cm³/mol. The lowest BCUT2D eigenvalue weighted by Crippen LogP contribution is -2.33. The van der Waals surface area contributed by atoms with Crippen molar-refractivity contribution in [1.29, 1.82) is 0 Å². The first kappa shape index (κ1) is 17.9. The third kappa shape index (κ3) is 3.56. The number of benzene rings is 1. The SMILES string of the molecule is COC(=O)C1=C(Nc2ccc(F)c(B(O)O)c2)C(=O)N(CCO)C1. The number of nitrogens with zero attached hydrogens (tertiary/aromatic N) is 1. The molecule has 1 aliphatic heterocycles. The van der Waals surface area contributed by atoms with Crippen molar-refractivity contribution >= 4 is 30.1 Å².